The number of carbonyl (C=O) groups excluding carboxylic acids is 1. The highest BCUT2D eigenvalue weighted by atomic mass is 35.5. The molecule has 0 saturated carbocycles. The predicted octanol–water partition coefficient (Wildman–Crippen LogP) is 1.94. The minimum atomic E-state index is -0.560. The fourth-order valence-corrected chi connectivity index (χ4v) is 2.92. The monoisotopic (exact) mass is 349 g/mol. The molecule has 2 aromatic rings. The first-order valence-corrected chi connectivity index (χ1v) is 7.80. The first-order chi connectivity index (χ1) is 11.5. The number of aromatic nitrogens is 2. The van der Waals surface area contributed by atoms with Crippen molar-refractivity contribution in [2.45, 2.75) is 0 Å². The largest absolute Gasteiger partial charge is 0.365 e. The molecule has 1 aromatic heterocycles. The van der Waals surface area contributed by atoms with Gasteiger partial charge in [0.2, 0.25) is 0 Å². The molecule has 0 aliphatic carbocycles. The Labute approximate surface area is 143 Å². The van der Waals surface area contributed by atoms with Gasteiger partial charge >= 0.3 is 0 Å². The molecule has 9 heteroatoms. The van der Waals surface area contributed by atoms with Crippen molar-refractivity contribution >= 4 is 28.9 Å². The molecular weight excluding hydrogens is 334 g/mol. The van der Waals surface area contributed by atoms with E-state index in [0.717, 1.165) is 5.69 Å². The van der Waals surface area contributed by atoms with E-state index in [1.54, 1.807) is 15.8 Å². The van der Waals surface area contributed by atoms with E-state index in [1.807, 2.05) is 13.2 Å². The molecule has 1 fully saturated rings. The number of anilines is 1. The van der Waals surface area contributed by atoms with Crippen molar-refractivity contribution in [3.63, 3.8) is 0 Å². The normalized spacial score (nSPS) is 14.8. The smallest absolute Gasteiger partial charge is 0.282 e. The highest BCUT2D eigenvalue weighted by molar-refractivity contribution is 6.31. The lowest BCUT2D eigenvalue weighted by atomic mass is 10.1. The number of hydrogen-bond acceptors (Lipinski definition) is 5. The summed E-state index contributed by atoms with van der Waals surface area (Å²) in [4.78, 5) is 27.0. The number of carbonyl (C=O) groups is 1. The van der Waals surface area contributed by atoms with Crippen LogP contribution < -0.4 is 4.90 Å². The zero-order valence-corrected chi connectivity index (χ0v) is 13.8. The SMILES string of the molecule is Cn1cc(N2CCN(C(=O)c3cc(Cl)ccc3[N+](=O)[O-])CC2)cn1. The molecule has 3 rings (SSSR count). The highest BCUT2D eigenvalue weighted by Gasteiger charge is 2.28. The second-order valence-corrected chi connectivity index (χ2v) is 6.01. The van der Waals surface area contributed by atoms with E-state index in [2.05, 4.69) is 10.00 Å². The first-order valence-electron chi connectivity index (χ1n) is 7.42. The summed E-state index contributed by atoms with van der Waals surface area (Å²) in [6.07, 6.45) is 3.69. The Kier molecular flexibility index (Phi) is 4.39. The molecule has 0 spiro atoms. The molecule has 24 heavy (non-hydrogen) atoms. The van der Waals surface area contributed by atoms with Crippen molar-refractivity contribution in [3.8, 4) is 0 Å². The maximum atomic E-state index is 12.7. The number of nitrogens with zero attached hydrogens (tertiary/aromatic N) is 5. The van der Waals surface area contributed by atoms with Crippen LogP contribution >= 0.6 is 11.6 Å². The van der Waals surface area contributed by atoms with Crippen LogP contribution in [0.3, 0.4) is 0 Å². The van der Waals surface area contributed by atoms with Crippen LogP contribution in [0.25, 0.3) is 0 Å². The maximum absolute atomic E-state index is 12.7. The van der Waals surface area contributed by atoms with E-state index in [9.17, 15) is 14.9 Å². The standard InChI is InChI=1S/C15H16ClN5O3/c1-18-10-12(9-17-18)19-4-6-20(7-5-19)15(22)13-8-11(16)2-3-14(13)21(23)24/h2-3,8-10H,4-7H2,1H3. The molecule has 1 aromatic carbocycles. The number of nitro groups is 1. The molecule has 1 aliphatic heterocycles. The van der Waals surface area contributed by atoms with Crippen molar-refractivity contribution in [2.24, 2.45) is 7.05 Å². The number of piperazine rings is 1. The summed E-state index contributed by atoms with van der Waals surface area (Å²) >= 11 is 5.90. The molecule has 0 N–H and O–H groups in total. The van der Waals surface area contributed by atoms with E-state index >= 15 is 0 Å². The average molecular weight is 350 g/mol. The van der Waals surface area contributed by atoms with E-state index in [0.29, 0.717) is 31.2 Å². The summed E-state index contributed by atoms with van der Waals surface area (Å²) in [6.45, 7) is 2.26. The molecule has 1 saturated heterocycles. The van der Waals surface area contributed by atoms with Crippen LogP contribution in [-0.4, -0.2) is 51.7 Å². The summed E-state index contributed by atoms with van der Waals surface area (Å²) in [7, 11) is 1.85. The second kappa shape index (κ2) is 6.48. The van der Waals surface area contributed by atoms with Gasteiger partial charge in [-0.3, -0.25) is 19.6 Å². The van der Waals surface area contributed by atoms with Crippen LogP contribution in [0.15, 0.2) is 30.6 Å². The van der Waals surface area contributed by atoms with Crippen LogP contribution in [0.2, 0.25) is 5.02 Å². The predicted molar refractivity (Wildman–Crippen MR) is 89.4 cm³/mol. The van der Waals surface area contributed by atoms with Gasteiger partial charge in [-0.05, 0) is 12.1 Å². The molecule has 1 aliphatic rings. The van der Waals surface area contributed by atoms with Crippen molar-refractivity contribution < 1.29 is 9.72 Å². The van der Waals surface area contributed by atoms with Crippen LogP contribution in [0, 0.1) is 10.1 Å². The number of hydrogen-bond donors (Lipinski definition) is 0. The summed E-state index contributed by atoms with van der Waals surface area (Å²) in [5.74, 6) is -0.366. The molecular formula is C15H16ClN5O3. The highest BCUT2D eigenvalue weighted by Crippen LogP contribution is 2.25. The summed E-state index contributed by atoms with van der Waals surface area (Å²) in [5, 5.41) is 15.6. The number of benzene rings is 1. The molecule has 8 nitrogen and oxygen atoms in total. The zero-order chi connectivity index (χ0) is 17.3. The van der Waals surface area contributed by atoms with Crippen molar-refractivity contribution in [2.75, 3.05) is 31.1 Å². The van der Waals surface area contributed by atoms with Gasteiger partial charge in [0.1, 0.15) is 5.56 Å². The van der Waals surface area contributed by atoms with Crippen LogP contribution in [-0.2, 0) is 7.05 Å². The van der Waals surface area contributed by atoms with E-state index in [1.165, 1.54) is 18.2 Å². The Morgan fingerprint density at radius 1 is 1.29 bits per heavy atom. The van der Waals surface area contributed by atoms with Crippen LogP contribution in [0.1, 0.15) is 10.4 Å². The minimum absolute atomic E-state index is 0.0299. The molecule has 126 valence electrons. The third-order valence-corrected chi connectivity index (χ3v) is 4.24. The van der Waals surface area contributed by atoms with Gasteiger partial charge in [-0.2, -0.15) is 5.10 Å². The molecule has 0 atom stereocenters. The van der Waals surface area contributed by atoms with Gasteiger partial charge in [0, 0.05) is 50.5 Å². The number of amides is 1. The Balaban J connectivity index is 1.74. The lowest BCUT2D eigenvalue weighted by Crippen LogP contribution is -2.48. The average Bonchev–Trinajstić information content (AvgIpc) is 3.00. The third-order valence-electron chi connectivity index (χ3n) is 4.01. The van der Waals surface area contributed by atoms with Crippen LogP contribution in [0.5, 0.6) is 0 Å². The van der Waals surface area contributed by atoms with Crippen molar-refractivity contribution in [1.29, 1.82) is 0 Å². The van der Waals surface area contributed by atoms with Gasteiger partial charge in [0.15, 0.2) is 0 Å². The Bertz CT molecular complexity index is 783. The maximum Gasteiger partial charge on any atom is 0.282 e. The summed E-state index contributed by atoms with van der Waals surface area (Å²) in [6, 6.07) is 4.04. The van der Waals surface area contributed by atoms with Gasteiger partial charge in [-0.15, -0.1) is 0 Å². The first kappa shape index (κ1) is 16.3. The number of aryl methyl sites for hydroxylation is 1. The molecule has 1 amide bonds. The fourth-order valence-electron chi connectivity index (χ4n) is 2.75. The Hall–Kier alpha value is -2.61. The van der Waals surface area contributed by atoms with Gasteiger partial charge in [-0.25, -0.2) is 0 Å². The van der Waals surface area contributed by atoms with E-state index in [4.69, 9.17) is 11.6 Å². The number of nitro benzene ring substituents is 1. The zero-order valence-electron chi connectivity index (χ0n) is 13.1. The fraction of sp³-hybridized carbons (Fsp3) is 0.333. The lowest BCUT2D eigenvalue weighted by Gasteiger charge is -2.35. The van der Waals surface area contributed by atoms with Crippen LogP contribution in [0.4, 0.5) is 11.4 Å². The quantitative estimate of drug-likeness (QED) is 0.624. The third kappa shape index (κ3) is 3.18. The van der Waals surface area contributed by atoms with Crippen molar-refractivity contribution in [3.05, 3.63) is 51.3 Å². The summed E-state index contributed by atoms with van der Waals surface area (Å²) < 4.78 is 1.72. The van der Waals surface area contributed by atoms with Gasteiger partial charge in [-0.1, -0.05) is 11.6 Å². The molecule has 2 heterocycles. The topological polar surface area (TPSA) is 84.5 Å². The van der Waals surface area contributed by atoms with Gasteiger partial charge in [0.05, 0.1) is 16.8 Å². The Morgan fingerprint density at radius 3 is 2.58 bits per heavy atom. The molecule has 0 unspecified atom stereocenters. The van der Waals surface area contributed by atoms with Gasteiger partial charge < -0.3 is 9.80 Å². The second-order valence-electron chi connectivity index (χ2n) is 5.57. The molecule has 0 bridgehead atoms. The van der Waals surface area contributed by atoms with Crippen molar-refractivity contribution in [1.82, 2.24) is 14.7 Å². The lowest BCUT2D eigenvalue weighted by molar-refractivity contribution is -0.385. The number of halogens is 1. The number of rotatable bonds is 3. The molecule has 0 radical (unpaired) electrons. The van der Waals surface area contributed by atoms with Gasteiger partial charge in [0.25, 0.3) is 11.6 Å². The van der Waals surface area contributed by atoms with E-state index < -0.39 is 4.92 Å². The summed E-state index contributed by atoms with van der Waals surface area (Å²) in [5.41, 5.74) is 0.805. The minimum Gasteiger partial charge on any atom is -0.365 e. The van der Waals surface area contributed by atoms with E-state index in [-0.39, 0.29) is 17.2 Å². The Morgan fingerprint density at radius 2 is 2.00 bits per heavy atom.